The summed E-state index contributed by atoms with van der Waals surface area (Å²) in [5, 5.41) is 0. The molecule has 2 heteroatoms. The van der Waals surface area contributed by atoms with Gasteiger partial charge in [0.05, 0.1) is 6.10 Å². The second-order valence-corrected chi connectivity index (χ2v) is 4.11. The van der Waals surface area contributed by atoms with E-state index in [1.54, 1.807) is 7.11 Å². The molecule has 0 amide bonds. The number of methoxy groups -OCH3 is 1. The maximum Gasteiger partial charge on any atom is 0.0858 e. The Kier molecular flexibility index (Phi) is 4.76. The lowest BCUT2D eigenvalue weighted by atomic mass is 9.79. The third-order valence-electron chi connectivity index (χ3n) is 3.05. The molecule has 1 aliphatic rings. The topological polar surface area (TPSA) is 21.6 Å². The van der Waals surface area contributed by atoms with Crippen LogP contribution in [-0.2, 0) is 4.74 Å². The van der Waals surface area contributed by atoms with E-state index in [1.807, 2.05) is 26.1 Å². The fraction of sp³-hybridized carbons (Fsp3) is 0.615. The van der Waals surface area contributed by atoms with Gasteiger partial charge in [0.2, 0.25) is 0 Å². The minimum atomic E-state index is 0.159. The van der Waals surface area contributed by atoms with Crippen LogP contribution in [0.4, 0.5) is 0 Å². The van der Waals surface area contributed by atoms with Crippen LogP contribution in [0.25, 0.3) is 0 Å². The Hall–Kier alpha value is -0.890. The molecule has 0 radical (unpaired) electrons. The van der Waals surface area contributed by atoms with E-state index in [2.05, 4.69) is 11.6 Å². The zero-order valence-corrected chi connectivity index (χ0v) is 9.99. The lowest BCUT2D eigenvalue weighted by Crippen LogP contribution is -2.30. The SMILES string of the molecule is C=C(/C=N\C(C)=C/C)C(OC)C1CCC1. The van der Waals surface area contributed by atoms with Crippen molar-refractivity contribution >= 4 is 6.21 Å². The van der Waals surface area contributed by atoms with E-state index >= 15 is 0 Å². The Morgan fingerprint density at radius 1 is 1.53 bits per heavy atom. The lowest BCUT2D eigenvalue weighted by molar-refractivity contribution is 0.0499. The Bertz CT molecular complexity index is 274. The maximum absolute atomic E-state index is 5.47. The maximum atomic E-state index is 5.47. The molecule has 0 aliphatic heterocycles. The molecule has 1 saturated carbocycles. The summed E-state index contributed by atoms with van der Waals surface area (Å²) in [6.45, 7) is 8.00. The summed E-state index contributed by atoms with van der Waals surface area (Å²) in [5.41, 5.74) is 2.00. The van der Waals surface area contributed by atoms with Gasteiger partial charge in [-0.05, 0) is 38.2 Å². The summed E-state index contributed by atoms with van der Waals surface area (Å²) in [6, 6.07) is 0. The quantitative estimate of drug-likeness (QED) is 0.633. The summed E-state index contributed by atoms with van der Waals surface area (Å²) < 4.78 is 5.47. The van der Waals surface area contributed by atoms with Crippen molar-refractivity contribution in [3.05, 3.63) is 23.9 Å². The standard InChI is InChI=1S/C13H21NO/c1-5-11(3)14-9-10(2)13(15-4)12-7-6-8-12/h5,9,12-13H,2,6-8H2,1,3-4H3/b11-5-,14-9-. The van der Waals surface area contributed by atoms with E-state index in [-0.39, 0.29) is 6.10 Å². The number of hydrogen-bond donors (Lipinski definition) is 0. The lowest BCUT2D eigenvalue weighted by Gasteiger charge is -2.32. The molecule has 1 fully saturated rings. The van der Waals surface area contributed by atoms with Crippen molar-refractivity contribution < 1.29 is 4.74 Å². The van der Waals surface area contributed by atoms with Gasteiger partial charge in [-0.25, -0.2) is 0 Å². The summed E-state index contributed by atoms with van der Waals surface area (Å²) in [7, 11) is 1.75. The van der Waals surface area contributed by atoms with E-state index < -0.39 is 0 Å². The first-order valence-corrected chi connectivity index (χ1v) is 5.57. The molecule has 0 bridgehead atoms. The summed E-state index contributed by atoms with van der Waals surface area (Å²) in [4.78, 5) is 4.31. The zero-order valence-electron chi connectivity index (χ0n) is 9.99. The fourth-order valence-electron chi connectivity index (χ4n) is 1.72. The number of rotatable bonds is 5. The van der Waals surface area contributed by atoms with Crippen molar-refractivity contribution in [1.82, 2.24) is 0 Å². The average molecular weight is 207 g/mol. The van der Waals surface area contributed by atoms with Crippen LogP contribution in [0.15, 0.2) is 28.9 Å². The van der Waals surface area contributed by atoms with Crippen LogP contribution in [0.1, 0.15) is 33.1 Å². The Morgan fingerprint density at radius 2 is 2.20 bits per heavy atom. The molecule has 1 aliphatic carbocycles. The van der Waals surface area contributed by atoms with Crippen LogP contribution in [-0.4, -0.2) is 19.4 Å². The van der Waals surface area contributed by atoms with E-state index in [1.165, 1.54) is 19.3 Å². The summed E-state index contributed by atoms with van der Waals surface area (Å²) >= 11 is 0. The first-order valence-electron chi connectivity index (χ1n) is 5.57. The van der Waals surface area contributed by atoms with Gasteiger partial charge in [-0.3, -0.25) is 4.99 Å². The molecular weight excluding hydrogens is 186 g/mol. The van der Waals surface area contributed by atoms with Crippen LogP contribution in [0.5, 0.6) is 0 Å². The molecule has 0 aromatic carbocycles. The van der Waals surface area contributed by atoms with E-state index in [4.69, 9.17) is 4.74 Å². The van der Waals surface area contributed by atoms with E-state index in [9.17, 15) is 0 Å². The van der Waals surface area contributed by atoms with Crippen LogP contribution in [0, 0.1) is 5.92 Å². The molecule has 0 spiro atoms. The van der Waals surface area contributed by atoms with E-state index in [0.29, 0.717) is 5.92 Å². The average Bonchev–Trinajstić information content (AvgIpc) is 2.18. The van der Waals surface area contributed by atoms with Gasteiger partial charge >= 0.3 is 0 Å². The minimum Gasteiger partial charge on any atom is -0.376 e. The zero-order chi connectivity index (χ0) is 11.3. The molecule has 15 heavy (non-hydrogen) atoms. The van der Waals surface area contributed by atoms with Crippen LogP contribution in [0.2, 0.25) is 0 Å². The van der Waals surface area contributed by atoms with Gasteiger partial charge in [-0.15, -0.1) is 0 Å². The molecule has 1 atom stereocenters. The van der Waals surface area contributed by atoms with Crippen molar-refractivity contribution in [3.63, 3.8) is 0 Å². The monoisotopic (exact) mass is 207 g/mol. The van der Waals surface area contributed by atoms with Gasteiger partial charge in [0.25, 0.3) is 0 Å². The highest BCUT2D eigenvalue weighted by molar-refractivity contribution is 5.79. The highest BCUT2D eigenvalue weighted by atomic mass is 16.5. The third kappa shape index (κ3) is 3.31. The first kappa shape index (κ1) is 12.2. The van der Waals surface area contributed by atoms with E-state index in [0.717, 1.165) is 11.3 Å². The van der Waals surface area contributed by atoms with Gasteiger partial charge in [0.1, 0.15) is 0 Å². The number of allylic oxidation sites excluding steroid dienone is 2. The molecule has 2 nitrogen and oxygen atoms in total. The minimum absolute atomic E-state index is 0.159. The highest BCUT2D eigenvalue weighted by Gasteiger charge is 2.28. The predicted molar refractivity (Wildman–Crippen MR) is 65.2 cm³/mol. The van der Waals surface area contributed by atoms with Crippen molar-refractivity contribution in [2.45, 2.75) is 39.2 Å². The number of nitrogens with zero attached hydrogens (tertiary/aromatic N) is 1. The van der Waals surface area contributed by atoms with Gasteiger partial charge in [-0.1, -0.05) is 19.1 Å². The number of hydrogen-bond acceptors (Lipinski definition) is 2. The van der Waals surface area contributed by atoms with Gasteiger partial charge < -0.3 is 4.74 Å². The molecule has 0 aromatic rings. The van der Waals surface area contributed by atoms with Crippen LogP contribution in [0.3, 0.4) is 0 Å². The van der Waals surface area contributed by atoms with Gasteiger partial charge in [-0.2, -0.15) is 0 Å². The van der Waals surface area contributed by atoms with Crippen LogP contribution >= 0.6 is 0 Å². The number of ether oxygens (including phenoxy) is 1. The molecule has 0 saturated heterocycles. The second-order valence-electron chi connectivity index (χ2n) is 4.11. The third-order valence-corrected chi connectivity index (χ3v) is 3.05. The second kappa shape index (κ2) is 5.86. The number of aliphatic imine (C=N–C) groups is 1. The first-order chi connectivity index (χ1) is 7.19. The molecule has 0 heterocycles. The Morgan fingerprint density at radius 3 is 2.60 bits per heavy atom. The molecule has 84 valence electrons. The fourth-order valence-corrected chi connectivity index (χ4v) is 1.72. The molecule has 1 rings (SSSR count). The predicted octanol–water partition coefficient (Wildman–Crippen LogP) is 3.35. The van der Waals surface area contributed by atoms with Crippen molar-refractivity contribution in [1.29, 1.82) is 0 Å². The molecule has 0 aromatic heterocycles. The molecule has 0 N–H and O–H groups in total. The largest absolute Gasteiger partial charge is 0.376 e. The van der Waals surface area contributed by atoms with Gasteiger partial charge in [0.15, 0.2) is 0 Å². The Balaban J connectivity index is 2.53. The molecule has 1 unspecified atom stereocenters. The molecular formula is C13H21NO. The highest BCUT2D eigenvalue weighted by Crippen LogP contribution is 2.33. The Labute approximate surface area is 92.7 Å². The normalized spacial score (nSPS) is 20.3. The smallest absolute Gasteiger partial charge is 0.0858 e. The summed E-state index contributed by atoms with van der Waals surface area (Å²) in [5.74, 6) is 0.653. The summed E-state index contributed by atoms with van der Waals surface area (Å²) in [6.07, 6.45) is 7.81. The van der Waals surface area contributed by atoms with Gasteiger partial charge in [0, 0.05) is 19.0 Å². The van der Waals surface area contributed by atoms with Crippen LogP contribution < -0.4 is 0 Å². The van der Waals surface area contributed by atoms with Crippen molar-refractivity contribution in [2.75, 3.05) is 7.11 Å². The van der Waals surface area contributed by atoms with Crippen molar-refractivity contribution in [3.8, 4) is 0 Å². The van der Waals surface area contributed by atoms with Crippen molar-refractivity contribution in [2.24, 2.45) is 10.9 Å².